The van der Waals surface area contributed by atoms with E-state index in [1.54, 1.807) is 12.1 Å². The average Bonchev–Trinajstić information content (AvgIpc) is 2.77. The van der Waals surface area contributed by atoms with Gasteiger partial charge in [-0.05, 0) is 30.7 Å². The van der Waals surface area contributed by atoms with E-state index in [4.69, 9.17) is 4.74 Å². The molecule has 0 saturated heterocycles. The number of rotatable bonds is 21. The van der Waals surface area contributed by atoms with E-state index < -0.39 is 0 Å². The van der Waals surface area contributed by atoms with E-state index >= 15 is 0 Å². The number of hydrogen-bond donors (Lipinski definition) is 1. The van der Waals surface area contributed by atoms with Gasteiger partial charge in [0.05, 0.1) is 0 Å². The Hall–Kier alpha value is -1.51. The fraction of sp³-hybridized carbons (Fsp3) is 0.750. The molecule has 0 unspecified atom stereocenters. The number of carbonyl (C=O) groups is 1. The summed E-state index contributed by atoms with van der Waals surface area (Å²) in [4.78, 5) is 11.8. The minimum atomic E-state index is -0.183. The topological polar surface area (TPSA) is 46.5 Å². The fourth-order valence-corrected chi connectivity index (χ4v) is 4.04. The summed E-state index contributed by atoms with van der Waals surface area (Å²) in [6.45, 7) is 2.28. The Kier molecular flexibility index (Phi) is 18.1. The highest BCUT2D eigenvalue weighted by Gasteiger charge is 2.04. The van der Waals surface area contributed by atoms with Crippen molar-refractivity contribution in [2.24, 2.45) is 0 Å². The molecule has 0 aliphatic carbocycles. The molecule has 1 rings (SSSR count). The summed E-state index contributed by atoms with van der Waals surface area (Å²) < 4.78 is 5.26. The van der Waals surface area contributed by atoms with Crippen molar-refractivity contribution in [1.82, 2.24) is 0 Å². The van der Waals surface area contributed by atoms with Crippen molar-refractivity contribution in [1.29, 1.82) is 0 Å². The first kappa shape index (κ1) is 27.5. The van der Waals surface area contributed by atoms with E-state index in [1.165, 1.54) is 121 Å². The lowest BCUT2D eigenvalue weighted by Gasteiger charge is -2.05. The minimum absolute atomic E-state index is 0.179. The molecule has 0 aliphatic heterocycles. The molecule has 0 heterocycles. The summed E-state index contributed by atoms with van der Waals surface area (Å²) >= 11 is 0. The Morgan fingerprint density at radius 3 is 1.35 bits per heavy atom. The highest BCUT2D eigenvalue weighted by atomic mass is 16.5. The van der Waals surface area contributed by atoms with Crippen molar-refractivity contribution in [3.8, 4) is 11.5 Å². The maximum atomic E-state index is 11.8. The van der Waals surface area contributed by atoms with Crippen molar-refractivity contribution < 1.29 is 14.6 Å². The molecule has 0 amide bonds. The van der Waals surface area contributed by atoms with Crippen LogP contribution >= 0.6 is 0 Å². The van der Waals surface area contributed by atoms with Crippen molar-refractivity contribution in [3.63, 3.8) is 0 Å². The minimum Gasteiger partial charge on any atom is -0.508 e. The van der Waals surface area contributed by atoms with E-state index in [0.717, 1.165) is 12.8 Å². The van der Waals surface area contributed by atoms with Crippen LogP contribution < -0.4 is 4.74 Å². The fourth-order valence-electron chi connectivity index (χ4n) is 4.04. The molecule has 178 valence electrons. The summed E-state index contributed by atoms with van der Waals surface area (Å²) in [6.07, 6.45) is 26.2. The quantitative estimate of drug-likeness (QED) is 0.120. The van der Waals surface area contributed by atoms with E-state index in [9.17, 15) is 9.90 Å². The Balaban J connectivity index is 1.75. The van der Waals surface area contributed by atoms with Gasteiger partial charge in [0.1, 0.15) is 11.5 Å². The second-order valence-corrected chi connectivity index (χ2v) is 9.08. The van der Waals surface area contributed by atoms with Gasteiger partial charge in [-0.25, -0.2) is 0 Å². The number of esters is 1. The second-order valence-electron chi connectivity index (χ2n) is 9.08. The molecule has 1 N–H and O–H groups in total. The molecule has 0 aromatic heterocycles. The summed E-state index contributed by atoms with van der Waals surface area (Å²) in [5.74, 6) is 0.497. The van der Waals surface area contributed by atoms with Gasteiger partial charge in [-0.3, -0.25) is 4.79 Å². The predicted molar refractivity (Wildman–Crippen MR) is 132 cm³/mol. The van der Waals surface area contributed by atoms with Crippen LogP contribution in [0.5, 0.6) is 11.5 Å². The maximum Gasteiger partial charge on any atom is 0.311 e. The Labute approximate surface area is 192 Å². The molecule has 1 aromatic carbocycles. The third-order valence-electron chi connectivity index (χ3n) is 6.05. The number of carbonyl (C=O) groups excluding carboxylic acids is 1. The number of unbranched alkanes of at least 4 members (excludes halogenated alkanes) is 18. The van der Waals surface area contributed by atoms with Crippen LogP contribution in [-0.4, -0.2) is 11.1 Å². The molecular weight excluding hydrogens is 384 g/mol. The molecule has 1 aromatic rings. The maximum absolute atomic E-state index is 11.8. The molecular formula is C28H48O3. The van der Waals surface area contributed by atoms with E-state index in [0.29, 0.717) is 12.2 Å². The van der Waals surface area contributed by atoms with Gasteiger partial charge in [0.2, 0.25) is 0 Å². The molecule has 3 heteroatoms. The lowest BCUT2D eigenvalue weighted by Crippen LogP contribution is -2.07. The zero-order chi connectivity index (χ0) is 22.4. The zero-order valence-electron chi connectivity index (χ0n) is 20.2. The number of phenolic OH excluding ortho intramolecular Hbond substituents is 1. The first-order valence-corrected chi connectivity index (χ1v) is 13.2. The number of ether oxygens (including phenoxy) is 1. The second kappa shape index (κ2) is 20.4. The van der Waals surface area contributed by atoms with E-state index in [1.807, 2.05) is 0 Å². The third-order valence-corrected chi connectivity index (χ3v) is 6.05. The van der Waals surface area contributed by atoms with Crippen LogP contribution in [0.1, 0.15) is 135 Å². The largest absolute Gasteiger partial charge is 0.508 e. The summed E-state index contributed by atoms with van der Waals surface area (Å²) in [5.41, 5.74) is 0. The number of benzene rings is 1. The first-order valence-electron chi connectivity index (χ1n) is 13.2. The van der Waals surface area contributed by atoms with Crippen molar-refractivity contribution in [2.45, 2.75) is 135 Å². The van der Waals surface area contributed by atoms with Gasteiger partial charge in [-0.2, -0.15) is 0 Å². The van der Waals surface area contributed by atoms with E-state index in [2.05, 4.69) is 6.92 Å². The molecule has 0 aliphatic rings. The number of aromatic hydroxyl groups is 1. The lowest BCUT2D eigenvalue weighted by molar-refractivity contribution is -0.134. The van der Waals surface area contributed by atoms with Crippen molar-refractivity contribution in [3.05, 3.63) is 24.3 Å². The monoisotopic (exact) mass is 432 g/mol. The molecule has 3 nitrogen and oxygen atoms in total. The van der Waals surface area contributed by atoms with Gasteiger partial charge in [-0.1, -0.05) is 122 Å². The summed E-state index contributed by atoms with van der Waals surface area (Å²) in [5, 5.41) is 9.23. The molecule has 0 fully saturated rings. The van der Waals surface area contributed by atoms with Crippen LogP contribution in [0.25, 0.3) is 0 Å². The van der Waals surface area contributed by atoms with Gasteiger partial charge in [-0.15, -0.1) is 0 Å². The molecule has 0 spiro atoms. The lowest BCUT2D eigenvalue weighted by atomic mass is 10.0. The van der Waals surface area contributed by atoms with Crippen LogP contribution in [-0.2, 0) is 4.79 Å². The zero-order valence-corrected chi connectivity index (χ0v) is 20.2. The molecule has 31 heavy (non-hydrogen) atoms. The standard InChI is InChI=1S/C28H48O3/c1-2-3-4-5-6-7-8-9-10-11-12-13-14-15-16-17-18-19-20-21-28(30)31-27-24-22-26(29)23-25-27/h22-25,29H,2-21H2,1H3. The molecule has 0 atom stereocenters. The number of phenols is 1. The Morgan fingerprint density at radius 1 is 0.613 bits per heavy atom. The van der Waals surface area contributed by atoms with Gasteiger partial charge in [0, 0.05) is 6.42 Å². The van der Waals surface area contributed by atoms with E-state index in [-0.39, 0.29) is 11.7 Å². The number of hydrogen-bond acceptors (Lipinski definition) is 3. The smallest absolute Gasteiger partial charge is 0.311 e. The Morgan fingerprint density at radius 2 is 0.968 bits per heavy atom. The van der Waals surface area contributed by atoms with Crippen LogP contribution in [0.15, 0.2) is 24.3 Å². The molecule has 0 saturated carbocycles. The SMILES string of the molecule is CCCCCCCCCCCCCCCCCCCCCC(=O)Oc1ccc(O)cc1. The normalized spacial score (nSPS) is 11.0. The van der Waals surface area contributed by atoms with Crippen molar-refractivity contribution in [2.75, 3.05) is 0 Å². The average molecular weight is 433 g/mol. The third kappa shape index (κ3) is 17.8. The van der Waals surface area contributed by atoms with Gasteiger partial charge in [0.15, 0.2) is 0 Å². The van der Waals surface area contributed by atoms with Crippen LogP contribution in [0.4, 0.5) is 0 Å². The molecule has 0 radical (unpaired) electrons. The highest BCUT2D eigenvalue weighted by Crippen LogP contribution is 2.18. The molecule has 0 bridgehead atoms. The summed E-state index contributed by atoms with van der Waals surface area (Å²) in [7, 11) is 0. The predicted octanol–water partition coefficient (Wildman–Crippen LogP) is 9.12. The van der Waals surface area contributed by atoms with Crippen LogP contribution in [0, 0.1) is 0 Å². The van der Waals surface area contributed by atoms with Gasteiger partial charge < -0.3 is 9.84 Å². The van der Waals surface area contributed by atoms with Crippen LogP contribution in [0.2, 0.25) is 0 Å². The van der Waals surface area contributed by atoms with Crippen LogP contribution in [0.3, 0.4) is 0 Å². The van der Waals surface area contributed by atoms with Gasteiger partial charge in [0.25, 0.3) is 0 Å². The summed E-state index contributed by atoms with van der Waals surface area (Å²) in [6, 6.07) is 6.28. The first-order chi connectivity index (χ1) is 15.2. The highest BCUT2D eigenvalue weighted by molar-refractivity contribution is 5.72. The van der Waals surface area contributed by atoms with Crippen molar-refractivity contribution >= 4 is 5.97 Å². The van der Waals surface area contributed by atoms with Gasteiger partial charge >= 0.3 is 5.97 Å². The Bertz CT molecular complexity index is 524.